The van der Waals surface area contributed by atoms with Crippen LogP contribution in [0.1, 0.15) is 20.8 Å². The summed E-state index contributed by atoms with van der Waals surface area (Å²) in [6, 6.07) is 0. The summed E-state index contributed by atoms with van der Waals surface area (Å²) in [4.78, 5) is 59.1. The first kappa shape index (κ1) is 20.2. The van der Waals surface area contributed by atoms with E-state index in [1.54, 1.807) is 0 Å². The number of aliphatic hydroxyl groups excluding tert-OH is 3. The minimum atomic E-state index is -2.14. The highest BCUT2D eigenvalue weighted by Crippen LogP contribution is 2.38. The average molecular weight is 396 g/mol. The average Bonchev–Trinajstić information content (AvgIpc) is 3.14. The molecule has 12 nitrogen and oxygen atoms in total. The van der Waals surface area contributed by atoms with Crippen LogP contribution in [0.15, 0.2) is 9.98 Å². The molecular weight excluding hydrogens is 376 g/mol. The summed E-state index contributed by atoms with van der Waals surface area (Å²) in [7, 11) is 0. The second kappa shape index (κ2) is 6.81. The first-order valence-electron chi connectivity index (χ1n) is 8.48. The van der Waals surface area contributed by atoms with E-state index in [0.29, 0.717) is 0 Å². The lowest BCUT2D eigenvalue weighted by atomic mass is 9.87. The van der Waals surface area contributed by atoms with Gasteiger partial charge in [-0.15, -0.1) is 0 Å². The summed E-state index contributed by atoms with van der Waals surface area (Å²) in [6.45, 7) is 2.72. The Morgan fingerprint density at radius 3 is 2.32 bits per heavy atom. The van der Waals surface area contributed by atoms with Gasteiger partial charge < -0.3 is 25.0 Å². The minimum Gasteiger partial charge on any atom is -0.394 e. The van der Waals surface area contributed by atoms with Crippen LogP contribution in [0.2, 0.25) is 0 Å². The number of aliphatic hydroxyl groups is 3. The van der Waals surface area contributed by atoms with Crippen LogP contribution < -0.4 is 0 Å². The Bertz CT molecular complexity index is 810. The minimum absolute atomic E-state index is 0.471. The predicted octanol–water partition coefficient (Wildman–Crippen LogP) is -3.20. The molecule has 6 atom stereocenters. The fourth-order valence-electron chi connectivity index (χ4n) is 3.66. The molecule has 0 aliphatic carbocycles. The summed E-state index contributed by atoms with van der Waals surface area (Å²) in [5, 5.41) is 29.7. The van der Waals surface area contributed by atoms with Crippen molar-refractivity contribution >= 4 is 35.6 Å². The molecule has 0 bridgehead atoms. The summed E-state index contributed by atoms with van der Waals surface area (Å²) in [5.41, 5.74) is -2.14. The Hall–Kier alpha value is -2.54. The number of ketones is 2. The molecule has 152 valence electrons. The molecule has 3 rings (SSSR count). The second-order valence-electron chi connectivity index (χ2n) is 6.80. The third-order valence-electron chi connectivity index (χ3n) is 5.06. The Balaban J connectivity index is 2.14. The van der Waals surface area contributed by atoms with Crippen molar-refractivity contribution in [1.29, 1.82) is 0 Å². The SMILES string of the molecule is CC(=O)C1=NC(=O)C2(C(C)=O)N=CN([C@@H]3O[C@H](CO)[C@@H](O)[C@H]3O)C2N1C(C)=O. The maximum absolute atomic E-state index is 12.7. The first-order chi connectivity index (χ1) is 13.1. The van der Waals surface area contributed by atoms with Crippen molar-refractivity contribution in [2.75, 3.05) is 6.61 Å². The highest BCUT2D eigenvalue weighted by molar-refractivity contribution is 6.43. The third-order valence-corrected chi connectivity index (χ3v) is 5.06. The molecule has 1 fully saturated rings. The van der Waals surface area contributed by atoms with Gasteiger partial charge in [-0.2, -0.15) is 4.99 Å². The summed E-state index contributed by atoms with van der Waals surface area (Å²) >= 11 is 0. The van der Waals surface area contributed by atoms with Gasteiger partial charge in [0, 0.05) is 13.8 Å². The number of hydrogen-bond donors (Lipinski definition) is 3. The quantitative estimate of drug-likeness (QED) is 0.414. The first-order valence-corrected chi connectivity index (χ1v) is 8.48. The lowest BCUT2D eigenvalue weighted by molar-refractivity contribution is -0.151. The van der Waals surface area contributed by atoms with Crippen molar-refractivity contribution in [2.24, 2.45) is 9.98 Å². The van der Waals surface area contributed by atoms with E-state index < -0.39 is 72.1 Å². The highest BCUT2D eigenvalue weighted by Gasteiger charge is 2.64. The molecule has 2 amide bonds. The summed E-state index contributed by atoms with van der Waals surface area (Å²) in [6.07, 6.45) is -5.90. The van der Waals surface area contributed by atoms with Gasteiger partial charge in [0.25, 0.3) is 5.91 Å². The summed E-state index contributed by atoms with van der Waals surface area (Å²) in [5.74, 6) is -3.61. The topological polar surface area (TPSA) is 169 Å². The molecule has 3 heterocycles. The van der Waals surface area contributed by atoms with Gasteiger partial charge in [0.1, 0.15) is 18.3 Å². The largest absolute Gasteiger partial charge is 0.394 e. The molecule has 0 saturated carbocycles. The number of rotatable bonds is 4. The number of carbonyl (C=O) groups is 4. The van der Waals surface area contributed by atoms with Crippen molar-refractivity contribution in [1.82, 2.24) is 9.80 Å². The molecule has 28 heavy (non-hydrogen) atoms. The number of fused-ring (bicyclic) bond motifs is 1. The molecule has 12 heteroatoms. The molecule has 1 saturated heterocycles. The van der Waals surface area contributed by atoms with Crippen molar-refractivity contribution in [3.8, 4) is 0 Å². The van der Waals surface area contributed by atoms with Gasteiger partial charge in [-0.3, -0.25) is 24.1 Å². The van der Waals surface area contributed by atoms with Crippen molar-refractivity contribution in [2.45, 2.75) is 57.0 Å². The van der Waals surface area contributed by atoms with Gasteiger partial charge >= 0.3 is 0 Å². The number of hydrogen-bond acceptors (Lipinski definition) is 10. The number of aliphatic imine (C=N–C) groups is 2. The predicted molar refractivity (Wildman–Crippen MR) is 90.9 cm³/mol. The zero-order valence-corrected chi connectivity index (χ0v) is 15.3. The molecular formula is C16H20N4O8. The van der Waals surface area contributed by atoms with E-state index in [2.05, 4.69) is 9.98 Å². The Morgan fingerprint density at radius 1 is 1.21 bits per heavy atom. The van der Waals surface area contributed by atoms with Gasteiger partial charge in [-0.25, -0.2) is 4.99 Å². The van der Waals surface area contributed by atoms with Gasteiger partial charge in [0.05, 0.1) is 12.9 Å². The van der Waals surface area contributed by atoms with E-state index in [1.165, 1.54) is 0 Å². The van der Waals surface area contributed by atoms with Gasteiger partial charge in [-0.05, 0) is 6.92 Å². The number of carbonyl (C=O) groups excluding carboxylic acids is 4. The monoisotopic (exact) mass is 396 g/mol. The van der Waals surface area contributed by atoms with E-state index in [9.17, 15) is 34.5 Å². The number of Topliss-reactive ketones (excluding diaryl/α,β-unsaturated/α-hetero) is 2. The lowest BCUT2D eigenvalue weighted by Gasteiger charge is -2.44. The van der Waals surface area contributed by atoms with E-state index in [0.717, 1.165) is 36.9 Å². The molecule has 3 aliphatic rings. The Kier molecular flexibility index (Phi) is 4.91. The maximum atomic E-state index is 12.7. The van der Waals surface area contributed by atoms with E-state index in [-0.39, 0.29) is 0 Å². The van der Waals surface area contributed by atoms with Gasteiger partial charge in [-0.1, -0.05) is 0 Å². The molecule has 3 N–H and O–H groups in total. The van der Waals surface area contributed by atoms with Crippen molar-refractivity contribution in [3.05, 3.63) is 0 Å². The number of nitrogens with zero attached hydrogens (tertiary/aromatic N) is 4. The van der Waals surface area contributed by atoms with Gasteiger partial charge in [0.2, 0.25) is 11.4 Å². The molecule has 0 aromatic rings. The van der Waals surface area contributed by atoms with Crippen molar-refractivity contribution in [3.63, 3.8) is 0 Å². The number of amidine groups is 1. The summed E-state index contributed by atoms with van der Waals surface area (Å²) < 4.78 is 5.45. The van der Waals surface area contributed by atoms with Crippen LogP contribution in [0.3, 0.4) is 0 Å². The van der Waals surface area contributed by atoms with Crippen LogP contribution in [0, 0.1) is 0 Å². The fourth-order valence-corrected chi connectivity index (χ4v) is 3.66. The zero-order valence-electron chi connectivity index (χ0n) is 15.3. The van der Waals surface area contributed by atoms with E-state index in [4.69, 9.17) is 4.74 Å². The third kappa shape index (κ3) is 2.60. The molecule has 0 radical (unpaired) electrons. The molecule has 3 aliphatic heterocycles. The standard InChI is InChI=1S/C16H20N4O8/c1-6(22)12-18-14(27)16(7(2)23)15(20(12)8(3)24)19(5-17-16)13-11(26)10(25)9(4-21)28-13/h5,9-11,13,15,21,25-26H,4H2,1-3H3/t9-,10-,11-,13-,15?,16?/m1/s1. The molecule has 2 unspecified atom stereocenters. The van der Waals surface area contributed by atoms with Gasteiger partial charge in [0.15, 0.2) is 29.8 Å². The highest BCUT2D eigenvalue weighted by atomic mass is 16.6. The zero-order chi connectivity index (χ0) is 21.0. The molecule has 0 spiro atoms. The Labute approximate surface area is 159 Å². The number of amides is 2. The van der Waals surface area contributed by atoms with E-state index >= 15 is 0 Å². The van der Waals surface area contributed by atoms with Crippen LogP contribution >= 0.6 is 0 Å². The van der Waals surface area contributed by atoms with Crippen molar-refractivity contribution < 1.29 is 39.2 Å². The number of ether oxygens (including phenoxy) is 1. The smallest absolute Gasteiger partial charge is 0.287 e. The molecule has 0 aromatic carbocycles. The van der Waals surface area contributed by atoms with Crippen LogP contribution in [-0.4, -0.2) is 104 Å². The van der Waals surface area contributed by atoms with Crippen LogP contribution in [-0.2, 0) is 23.9 Å². The fraction of sp³-hybridized carbons (Fsp3) is 0.625. The normalized spacial score (nSPS) is 37.1. The lowest BCUT2D eigenvalue weighted by Crippen LogP contribution is -2.70. The van der Waals surface area contributed by atoms with Crippen LogP contribution in [0.25, 0.3) is 0 Å². The van der Waals surface area contributed by atoms with Crippen LogP contribution in [0.5, 0.6) is 0 Å². The van der Waals surface area contributed by atoms with E-state index in [1.807, 2.05) is 0 Å². The maximum Gasteiger partial charge on any atom is 0.287 e. The van der Waals surface area contributed by atoms with Crippen LogP contribution in [0.4, 0.5) is 0 Å². The molecule has 0 aromatic heterocycles. The Morgan fingerprint density at radius 2 is 1.86 bits per heavy atom. The second-order valence-corrected chi connectivity index (χ2v) is 6.80.